The lowest BCUT2D eigenvalue weighted by molar-refractivity contribution is 0.0612. The molecule has 0 fully saturated rings. The van der Waals surface area contributed by atoms with Crippen molar-refractivity contribution in [2.24, 2.45) is 5.73 Å². The van der Waals surface area contributed by atoms with Gasteiger partial charge in [-0.25, -0.2) is 0 Å². The van der Waals surface area contributed by atoms with Crippen molar-refractivity contribution in [1.29, 1.82) is 0 Å². The molecule has 0 saturated carbocycles. The van der Waals surface area contributed by atoms with Crippen molar-refractivity contribution in [2.45, 2.75) is 57.5 Å². The van der Waals surface area contributed by atoms with Gasteiger partial charge in [0.1, 0.15) is 5.75 Å². The van der Waals surface area contributed by atoms with Crippen LogP contribution in [0.25, 0.3) is 0 Å². The van der Waals surface area contributed by atoms with Crippen LogP contribution >= 0.6 is 0 Å². The van der Waals surface area contributed by atoms with Crippen molar-refractivity contribution in [3.8, 4) is 5.75 Å². The molecule has 2 atom stereocenters. The molecule has 2 rings (SSSR count). The second-order valence-electron chi connectivity index (χ2n) is 6.36. The van der Waals surface area contributed by atoms with Crippen LogP contribution < -0.4 is 10.5 Å². The Labute approximate surface area is 129 Å². The van der Waals surface area contributed by atoms with Crippen LogP contribution in [-0.4, -0.2) is 31.6 Å². The highest BCUT2D eigenvalue weighted by atomic mass is 16.5. The molecule has 0 bridgehead atoms. The number of rotatable bonds is 6. The Hall–Kier alpha value is -1.06. The maximum atomic E-state index is 6.30. The van der Waals surface area contributed by atoms with E-state index in [1.54, 1.807) is 7.11 Å². The number of ether oxygens (including phenoxy) is 1. The van der Waals surface area contributed by atoms with E-state index in [0.29, 0.717) is 12.6 Å². The summed E-state index contributed by atoms with van der Waals surface area (Å²) in [6.45, 7) is 5.23. The second kappa shape index (κ2) is 6.80. The quantitative estimate of drug-likeness (QED) is 0.873. The van der Waals surface area contributed by atoms with Gasteiger partial charge < -0.3 is 10.5 Å². The highest BCUT2D eigenvalue weighted by Crippen LogP contribution is 2.41. The van der Waals surface area contributed by atoms with E-state index in [9.17, 15) is 0 Å². The Morgan fingerprint density at radius 2 is 2.19 bits per heavy atom. The Bertz CT molecular complexity index is 474. The maximum Gasteiger partial charge on any atom is 0.119 e. The summed E-state index contributed by atoms with van der Waals surface area (Å²) in [6, 6.07) is 7.03. The van der Waals surface area contributed by atoms with Crippen molar-refractivity contribution in [3.63, 3.8) is 0 Å². The molecule has 21 heavy (non-hydrogen) atoms. The number of hydrogen-bond acceptors (Lipinski definition) is 3. The first-order valence-electron chi connectivity index (χ1n) is 8.19. The molecular weight excluding hydrogens is 260 g/mol. The van der Waals surface area contributed by atoms with E-state index in [1.807, 2.05) is 0 Å². The number of nitrogens with zero attached hydrogens (tertiary/aromatic N) is 1. The second-order valence-corrected chi connectivity index (χ2v) is 6.36. The Kier molecular flexibility index (Phi) is 5.28. The van der Waals surface area contributed by atoms with E-state index >= 15 is 0 Å². The highest BCUT2D eigenvalue weighted by molar-refractivity contribution is 5.42. The smallest absolute Gasteiger partial charge is 0.119 e. The number of fused-ring (bicyclic) bond motifs is 1. The van der Waals surface area contributed by atoms with Gasteiger partial charge in [0.2, 0.25) is 0 Å². The fraction of sp³-hybridized carbons (Fsp3) is 0.667. The summed E-state index contributed by atoms with van der Waals surface area (Å²) in [5.74, 6) is 0.935. The minimum Gasteiger partial charge on any atom is -0.497 e. The van der Waals surface area contributed by atoms with Gasteiger partial charge in [0.25, 0.3) is 0 Å². The van der Waals surface area contributed by atoms with Gasteiger partial charge in [0.05, 0.1) is 12.6 Å². The summed E-state index contributed by atoms with van der Waals surface area (Å²) in [5.41, 5.74) is 9.06. The maximum absolute atomic E-state index is 6.30. The molecule has 0 aromatic heterocycles. The summed E-state index contributed by atoms with van der Waals surface area (Å²) in [6.07, 6.45) is 5.90. The normalized spacial score (nSPS) is 23.0. The van der Waals surface area contributed by atoms with Crippen LogP contribution in [-0.2, 0) is 12.0 Å². The van der Waals surface area contributed by atoms with Crippen LogP contribution in [0.2, 0.25) is 0 Å². The Morgan fingerprint density at radius 1 is 1.43 bits per heavy atom. The predicted octanol–water partition coefficient (Wildman–Crippen LogP) is 3.31. The predicted molar refractivity (Wildman–Crippen MR) is 88.8 cm³/mol. The Balaban J connectivity index is 2.45. The van der Waals surface area contributed by atoms with Gasteiger partial charge in [0.15, 0.2) is 0 Å². The van der Waals surface area contributed by atoms with Gasteiger partial charge in [0, 0.05) is 12.6 Å². The van der Waals surface area contributed by atoms with Crippen LogP contribution in [0.15, 0.2) is 18.2 Å². The lowest BCUT2D eigenvalue weighted by Gasteiger charge is -2.48. The van der Waals surface area contributed by atoms with Crippen molar-refractivity contribution >= 4 is 0 Å². The summed E-state index contributed by atoms with van der Waals surface area (Å²) < 4.78 is 5.45. The highest BCUT2D eigenvalue weighted by Gasteiger charge is 2.40. The summed E-state index contributed by atoms with van der Waals surface area (Å²) in [4.78, 5) is 2.51. The lowest BCUT2D eigenvalue weighted by atomic mass is 9.74. The zero-order chi connectivity index (χ0) is 15.5. The van der Waals surface area contributed by atoms with E-state index in [0.717, 1.165) is 18.6 Å². The first-order chi connectivity index (χ1) is 10.1. The van der Waals surface area contributed by atoms with E-state index in [1.165, 1.54) is 30.4 Å². The molecule has 1 aromatic carbocycles. The van der Waals surface area contributed by atoms with Crippen LogP contribution in [0.5, 0.6) is 5.75 Å². The minimum atomic E-state index is -0.0449. The van der Waals surface area contributed by atoms with E-state index in [-0.39, 0.29) is 5.54 Å². The molecule has 0 spiro atoms. The molecule has 2 unspecified atom stereocenters. The number of likely N-dealkylation sites (N-methyl/N-ethyl adjacent to an activating group) is 1. The molecule has 0 saturated heterocycles. The topological polar surface area (TPSA) is 38.5 Å². The molecule has 0 aliphatic heterocycles. The van der Waals surface area contributed by atoms with Crippen molar-refractivity contribution < 1.29 is 4.74 Å². The zero-order valence-electron chi connectivity index (χ0n) is 14.0. The molecule has 2 N–H and O–H groups in total. The first kappa shape index (κ1) is 16.3. The molecule has 3 heteroatoms. The number of aryl methyl sites for hydroxylation is 1. The molecule has 1 aliphatic carbocycles. The van der Waals surface area contributed by atoms with Crippen LogP contribution in [0.1, 0.15) is 50.7 Å². The number of nitrogens with two attached hydrogens (primary N) is 1. The third-order valence-electron chi connectivity index (χ3n) is 5.24. The van der Waals surface area contributed by atoms with E-state index in [4.69, 9.17) is 10.5 Å². The van der Waals surface area contributed by atoms with Gasteiger partial charge >= 0.3 is 0 Å². The molecule has 0 radical (unpaired) electrons. The largest absolute Gasteiger partial charge is 0.497 e. The average molecular weight is 290 g/mol. The minimum absolute atomic E-state index is 0.0449. The summed E-state index contributed by atoms with van der Waals surface area (Å²) in [7, 11) is 3.97. The van der Waals surface area contributed by atoms with Crippen LogP contribution in [0.4, 0.5) is 0 Å². The molecular formula is C18H30N2O. The molecule has 1 aromatic rings. The third-order valence-corrected chi connectivity index (χ3v) is 5.24. The van der Waals surface area contributed by atoms with Crippen molar-refractivity contribution in [2.75, 3.05) is 20.7 Å². The Morgan fingerprint density at radius 3 is 2.81 bits per heavy atom. The van der Waals surface area contributed by atoms with Crippen molar-refractivity contribution in [3.05, 3.63) is 29.3 Å². The van der Waals surface area contributed by atoms with Crippen molar-refractivity contribution in [1.82, 2.24) is 4.90 Å². The van der Waals surface area contributed by atoms with Gasteiger partial charge in [-0.1, -0.05) is 19.4 Å². The summed E-state index contributed by atoms with van der Waals surface area (Å²) >= 11 is 0. The number of hydrogen-bond donors (Lipinski definition) is 1. The zero-order valence-corrected chi connectivity index (χ0v) is 14.0. The van der Waals surface area contributed by atoms with Gasteiger partial charge in [-0.3, -0.25) is 4.90 Å². The van der Waals surface area contributed by atoms with Gasteiger partial charge in [-0.15, -0.1) is 0 Å². The van der Waals surface area contributed by atoms with Gasteiger partial charge in [-0.2, -0.15) is 0 Å². The van der Waals surface area contributed by atoms with Gasteiger partial charge in [-0.05, 0) is 62.9 Å². The number of benzene rings is 1. The fourth-order valence-corrected chi connectivity index (χ4v) is 3.80. The fourth-order valence-electron chi connectivity index (χ4n) is 3.80. The number of methoxy groups -OCH3 is 1. The van der Waals surface area contributed by atoms with E-state index in [2.05, 4.69) is 44.0 Å². The molecule has 118 valence electrons. The third kappa shape index (κ3) is 2.95. The summed E-state index contributed by atoms with van der Waals surface area (Å²) in [5, 5.41) is 0. The molecule has 0 heterocycles. The molecule has 0 amide bonds. The average Bonchev–Trinajstić information content (AvgIpc) is 2.53. The van der Waals surface area contributed by atoms with Crippen LogP contribution in [0.3, 0.4) is 0 Å². The van der Waals surface area contributed by atoms with Crippen LogP contribution in [0, 0.1) is 0 Å². The molecule has 1 aliphatic rings. The van der Waals surface area contributed by atoms with E-state index < -0.39 is 0 Å². The monoisotopic (exact) mass is 290 g/mol. The standard InChI is InChI=1S/C18H30N2O/c1-5-7-14(2)20(3)18(13-19)11-6-8-15-9-10-16(21-4)12-17(15)18/h9-10,12,14H,5-8,11,13,19H2,1-4H3. The molecule has 3 nitrogen and oxygen atoms in total. The lowest BCUT2D eigenvalue weighted by Crippen LogP contribution is -2.54. The first-order valence-corrected chi connectivity index (χ1v) is 8.19. The SMILES string of the molecule is CCCC(C)N(C)C1(CN)CCCc2ccc(OC)cc21.